The van der Waals surface area contributed by atoms with Crippen LogP contribution in [0.15, 0.2) is 88.2 Å². The molecule has 0 aliphatic carbocycles. The smallest absolute Gasteiger partial charge is 0.264 e. The van der Waals surface area contributed by atoms with E-state index in [2.05, 4.69) is 9.71 Å². The number of ether oxygens (including phenoxy) is 1. The number of aromatic nitrogens is 1. The van der Waals surface area contributed by atoms with Gasteiger partial charge in [-0.05, 0) is 29.8 Å². The molecule has 1 aromatic heterocycles. The molecule has 0 amide bonds. The number of oxazole rings is 1. The fourth-order valence-electron chi connectivity index (χ4n) is 3.06. The zero-order valence-electron chi connectivity index (χ0n) is 16.6. The van der Waals surface area contributed by atoms with Gasteiger partial charge in [0.1, 0.15) is 17.3 Å². The van der Waals surface area contributed by atoms with E-state index in [1.165, 1.54) is 31.4 Å². The summed E-state index contributed by atoms with van der Waals surface area (Å²) < 4.78 is 53.6. The van der Waals surface area contributed by atoms with Crippen LogP contribution in [0, 0.1) is 5.82 Å². The minimum absolute atomic E-state index is 0.0529. The number of anilines is 1. The summed E-state index contributed by atoms with van der Waals surface area (Å²) in [7, 11) is -2.53. The van der Waals surface area contributed by atoms with E-state index in [0.29, 0.717) is 12.2 Å². The Labute approximate surface area is 179 Å². The zero-order valence-corrected chi connectivity index (χ0v) is 17.4. The first-order chi connectivity index (χ1) is 15.0. The van der Waals surface area contributed by atoms with Crippen LogP contribution in [0.2, 0.25) is 0 Å². The van der Waals surface area contributed by atoms with Crippen LogP contribution in [0.25, 0.3) is 11.3 Å². The van der Waals surface area contributed by atoms with Crippen LogP contribution in [0.5, 0.6) is 5.75 Å². The lowest BCUT2D eigenvalue weighted by atomic mass is 10.1. The molecule has 158 valence electrons. The maximum atomic E-state index is 14.8. The number of halogens is 1. The largest absolute Gasteiger partial charge is 0.497 e. The van der Waals surface area contributed by atoms with Crippen LogP contribution in [-0.4, -0.2) is 20.5 Å². The van der Waals surface area contributed by atoms with Crippen LogP contribution in [0.1, 0.15) is 11.5 Å². The Bertz CT molecular complexity index is 1290. The number of nitrogens with zero attached hydrogens (tertiary/aromatic N) is 1. The monoisotopic (exact) mass is 438 g/mol. The van der Waals surface area contributed by atoms with Gasteiger partial charge < -0.3 is 9.15 Å². The van der Waals surface area contributed by atoms with E-state index < -0.39 is 15.8 Å². The van der Waals surface area contributed by atoms with Crippen molar-refractivity contribution in [2.75, 3.05) is 11.8 Å². The first-order valence-electron chi connectivity index (χ1n) is 9.41. The molecule has 4 rings (SSSR count). The Morgan fingerprint density at radius 3 is 2.32 bits per heavy atom. The Hall–Kier alpha value is -3.65. The van der Waals surface area contributed by atoms with Crippen molar-refractivity contribution in [3.63, 3.8) is 0 Å². The highest BCUT2D eigenvalue weighted by Crippen LogP contribution is 2.34. The van der Waals surface area contributed by atoms with Gasteiger partial charge in [0.2, 0.25) is 11.8 Å². The maximum Gasteiger partial charge on any atom is 0.264 e. The third-order valence-corrected chi connectivity index (χ3v) is 5.93. The van der Waals surface area contributed by atoms with E-state index in [4.69, 9.17) is 9.15 Å². The highest BCUT2D eigenvalue weighted by molar-refractivity contribution is 7.92. The normalized spacial score (nSPS) is 11.3. The van der Waals surface area contributed by atoms with Crippen LogP contribution in [0.4, 0.5) is 10.3 Å². The van der Waals surface area contributed by atoms with E-state index in [0.717, 1.165) is 5.56 Å². The van der Waals surface area contributed by atoms with E-state index >= 15 is 0 Å². The van der Waals surface area contributed by atoms with Gasteiger partial charge in [-0.2, -0.15) is 0 Å². The minimum atomic E-state index is -3.96. The average molecular weight is 438 g/mol. The lowest BCUT2D eigenvalue weighted by molar-refractivity contribution is 0.411. The predicted octanol–water partition coefficient (Wildman–Crippen LogP) is 4.88. The van der Waals surface area contributed by atoms with Gasteiger partial charge in [0.25, 0.3) is 10.0 Å². The summed E-state index contributed by atoms with van der Waals surface area (Å²) in [5.74, 6) is -0.180. The van der Waals surface area contributed by atoms with Gasteiger partial charge in [0.15, 0.2) is 0 Å². The Kier molecular flexibility index (Phi) is 5.73. The van der Waals surface area contributed by atoms with Crippen molar-refractivity contribution in [1.82, 2.24) is 4.98 Å². The summed E-state index contributed by atoms with van der Waals surface area (Å²) in [5.41, 5.74) is 1.07. The third-order valence-electron chi connectivity index (χ3n) is 4.58. The highest BCUT2D eigenvalue weighted by Gasteiger charge is 2.24. The molecule has 3 aromatic carbocycles. The van der Waals surface area contributed by atoms with E-state index in [9.17, 15) is 12.8 Å². The fraction of sp³-hybridized carbons (Fsp3) is 0.0870. The molecule has 0 bridgehead atoms. The number of sulfonamides is 1. The maximum absolute atomic E-state index is 14.8. The Morgan fingerprint density at radius 1 is 1.00 bits per heavy atom. The lowest BCUT2D eigenvalue weighted by Crippen LogP contribution is -2.13. The van der Waals surface area contributed by atoms with Crippen molar-refractivity contribution in [1.29, 1.82) is 0 Å². The highest BCUT2D eigenvalue weighted by atomic mass is 32.2. The first-order valence-corrected chi connectivity index (χ1v) is 10.9. The molecule has 6 nitrogen and oxygen atoms in total. The van der Waals surface area contributed by atoms with Crippen molar-refractivity contribution in [3.05, 3.63) is 96.1 Å². The molecule has 0 unspecified atom stereocenters. The van der Waals surface area contributed by atoms with Crippen molar-refractivity contribution >= 4 is 15.9 Å². The Morgan fingerprint density at radius 2 is 1.68 bits per heavy atom. The number of methoxy groups -OCH3 is 1. The summed E-state index contributed by atoms with van der Waals surface area (Å²) >= 11 is 0. The fourth-order valence-corrected chi connectivity index (χ4v) is 4.07. The number of hydrogen-bond acceptors (Lipinski definition) is 5. The van der Waals surface area contributed by atoms with Gasteiger partial charge >= 0.3 is 0 Å². The van der Waals surface area contributed by atoms with Gasteiger partial charge in [-0.25, -0.2) is 22.5 Å². The number of hydrogen-bond donors (Lipinski definition) is 1. The topological polar surface area (TPSA) is 81.4 Å². The summed E-state index contributed by atoms with van der Waals surface area (Å²) in [5, 5.41) is 0. The van der Waals surface area contributed by atoms with E-state index in [-0.39, 0.29) is 27.9 Å². The molecular formula is C23H19FN2O4S. The molecule has 0 spiro atoms. The zero-order chi connectivity index (χ0) is 21.8. The minimum Gasteiger partial charge on any atom is -0.497 e. The quantitative estimate of drug-likeness (QED) is 0.445. The summed E-state index contributed by atoms with van der Waals surface area (Å²) in [4.78, 5) is 4.45. The second kappa shape index (κ2) is 8.61. The number of nitrogens with one attached hydrogen (secondary N) is 1. The molecule has 0 aliphatic rings. The van der Waals surface area contributed by atoms with Crippen LogP contribution in [0.3, 0.4) is 0 Å². The Balaban J connectivity index is 1.77. The molecule has 0 saturated heterocycles. The standard InChI is InChI=1S/C23H19FN2O4S/c1-29-17-12-13-19(20(24)15-17)22-23(26-31(27,28)18-10-6-3-7-11-18)30-21(25-22)14-16-8-4-2-5-9-16/h2-13,15,26H,14H2,1H3. The van der Waals surface area contributed by atoms with Crippen molar-refractivity contribution < 1.29 is 22.0 Å². The molecule has 0 aliphatic heterocycles. The van der Waals surface area contributed by atoms with Crippen molar-refractivity contribution in [3.8, 4) is 17.0 Å². The molecule has 8 heteroatoms. The second-order valence-electron chi connectivity index (χ2n) is 6.71. The third kappa shape index (κ3) is 4.59. The van der Waals surface area contributed by atoms with Crippen LogP contribution in [-0.2, 0) is 16.4 Å². The van der Waals surface area contributed by atoms with Crippen molar-refractivity contribution in [2.24, 2.45) is 0 Å². The summed E-state index contributed by atoms with van der Waals surface area (Å²) in [6, 6.07) is 21.5. The molecular weight excluding hydrogens is 419 g/mol. The lowest BCUT2D eigenvalue weighted by Gasteiger charge is -2.08. The molecule has 0 radical (unpaired) electrons. The summed E-state index contributed by atoms with van der Waals surface area (Å²) in [6.45, 7) is 0. The molecule has 4 aromatic rings. The predicted molar refractivity (Wildman–Crippen MR) is 115 cm³/mol. The SMILES string of the molecule is COc1ccc(-c2nc(Cc3ccccc3)oc2NS(=O)(=O)c2ccccc2)c(F)c1. The van der Waals surface area contributed by atoms with Gasteiger partial charge in [-0.3, -0.25) is 0 Å². The molecule has 0 fully saturated rings. The molecule has 1 heterocycles. The number of benzene rings is 3. The van der Waals surface area contributed by atoms with Crippen LogP contribution >= 0.6 is 0 Å². The van der Waals surface area contributed by atoms with Gasteiger partial charge in [-0.1, -0.05) is 48.5 Å². The van der Waals surface area contributed by atoms with Gasteiger partial charge in [-0.15, -0.1) is 0 Å². The second-order valence-corrected chi connectivity index (χ2v) is 8.39. The molecule has 1 N–H and O–H groups in total. The number of rotatable bonds is 7. The van der Waals surface area contributed by atoms with Crippen LogP contribution < -0.4 is 9.46 Å². The average Bonchev–Trinajstić information content (AvgIpc) is 3.15. The van der Waals surface area contributed by atoms with E-state index in [1.54, 1.807) is 24.3 Å². The molecule has 0 atom stereocenters. The van der Waals surface area contributed by atoms with Gasteiger partial charge in [0, 0.05) is 18.1 Å². The van der Waals surface area contributed by atoms with Crippen molar-refractivity contribution in [2.45, 2.75) is 11.3 Å². The van der Waals surface area contributed by atoms with E-state index in [1.807, 2.05) is 30.3 Å². The van der Waals surface area contributed by atoms with Gasteiger partial charge in [0.05, 0.1) is 12.0 Å². The molecule has 31 heavy (non-hydrogen) atoms. The molecule has 0 saturated carbocycles. The first kappa shape index (κ1) is 20.6. The summed E-state index contributed by atoms with van der Waals surface area (Å²) in [6.07, 6.45) is 0.318.